The summed E-state index contributed by atoms with van der Waals surface area (Å²) in [7, 11) is 0. The van der Waals surface area contributed by atoms with E-state index in [1.54, 1.807) is 6.92 Å². The van der Waals surface area contributed by atoms with Crippen LogP contribution < -0.4 is 5.73 Å². The van der Waals surface area contributed by atoms with Gasteiger partial charge in [-0.3, -0.25) is 4.79 Å². The van der Waals surface area contributed by atoms with Gasteiger partial charge in [0.25, 0.3) is 0 Å². The van der Waals surface area contributed by atoms with Gasteiger partial charge in [0.1, 0.15) is 12.0 Å². The van der Waals surface area contributed by atoms with E-state index in [9.17, 15) is 14.0 Å². The Bertz CT molecular complexity index is 613. The molecular formula is C16H20FNO3S. The number of esters is 1. The molecule has 0 aliphatic heterocycles. The summed E-state index contributed by atoms with van der Waals surface area (Å²) in [5.41, 5.74) is 7.47. The highest BCUT2D eigenvalue weighted by Crippen LogP contribution is 2.39. The number of hydrogen-bond acceptors (Lipinski definition) is 5. The molecule has 0 unspecified atom stereocenters. The Morgan fingerprint density at radius 3 is 2.82 bits per heavy atom. The van der Waals surface area contributed by atoms with Crippen LogP contribution in [0.25, 0.3) is 0 Å². The maximum Gasteiger partial charge on any atom is 0.339 e. The minimum Gasteiger partial charge on any atom is -0.462 e. The number of hydrogen-bond donors (Lipinski definition) is 1. The molecule has 3 atom stereocenters. The van der Waals surface area contributed by atoms with Gasteiger partial charge >= 0.3 is 5.97 Å². The number of fused-ring (bicyclic) bond motifs is 1. The van der Waals surface area contributed by atoms with Gasteiger partial charge in [-0.05, 0) is 38.2 Å². The zero-order valence-electron chi connectivity index (χ0n) is 12.6. The van der Waals surface area contributed by atoms with Crippen LogP contribution in [0.4, 0.5) is 4.39 Å². The van der Waals surface area contributed by atoms with E-state index >= 15 is 0 Å². The minimum absolute atomic E-state index is 0.0393. The number of carbonyl (C=O) groups excluding carboxylic acids is 2. The SMILES string of the molecule is CCOC(=O)c1c(CC(=O)[C@H]2C[C@H]2F)sc2c1C[C@@H](N)CC2. The molecule has 1 aromatic heterocycles. The normalized spacial score (nSPS) is 26.4. The van der Waals surface area contributed by atoms with E-state index in [1.807, 2.05) is 0 Å². The van der Waals surface area contributed by atoms with E-state index in [2.05, 4.69) is 0 Å². The maximum atomic E-state index is 13.1. The maximum absolute atomic E-state index is 13.1. The highest BCUT2D eigenvalue weighted by molar-refractivity contribution is 7.12. The average molecular weight is 325 g/mol. The lowest BCUT2D eigenvalue weighted by atomic mass is 9.91. The lowest BCUT2D eigenvalue weighted by Crippen LogP contribution is -2.28. The predicted molar refractivity (Wildman–Crippen MR) is 82.0 cm³/mol. The van der Waals surface area contributed by atoms with E-state index in [1.165, 1.54) is 11.3 Å². The topological polar surface area (TPSA) is 69.4 Å². The largest absolute Gasteiger partial charge is 0.462 e. The van der Waals surface area contributed by atoms with E-state index in [4.69, 9.17) is 10.5 Å². The van der Waals surface area contributed by atoms with Crippen molar-refractivity contribution >= 4 is 23.1 Å². The van der Waals surface area contributed by atoms with Crippen LogP contribution in [0.15, 0.2) is 0 Å². The fourth-order valence-electron chi connectivity index (χ4n) is 3.02. The summed E-state index contributed by atoms with van der Waals surface area (Å²) in [4.78, 5) is 26.2. The fourth-order valence-corrected chi connectivity index (χ4v) is 4.37. The Kier molecular flexibility index (Phi) is 4.32. The van der Waals surface area contributed by atoms with Crippen LogP contribution in [0.3, 0.4) is 0 Å². The van der Waals surface area contributed by atoms with Crippen LogP contribution in [0.1, 0.15) is 45.4 Å². The molecule has 120 valence electrons. The lowest BCUT2D eigenvalue weighted by Gasteiger charge is -2.18. The van der Waals surface area contributed by atoms with Crippen LogP contribution in [0.5, 0.6) is 0 Å². The minimum atomic E-state index is -0.999. The van der Waals surface area contributed by atoms with Gasteiger partial charge in [-0.2, -0.15) is 0 Å². The summed E-state index contributed by atoms with van der Waals surface area (Å²) in [5.74, 6) is -0.970. The van der Waals surface area contributed by atoms with Gasteiger partial charge in [0, 0.05) is 22.2 Å². The number of carbonyl (C=O) groups is 2. The number of rotatable bonds is 5. The van der Waals surface area contributed by atoms with Crippen molar-refractivity contribution in [1.82, 2.24) is 0 Å². The summed E-state index contributed by atoms with van der Waals surface area (Å²) in [5, 5.41) is 0. The molecule has 2 N–H and O–H groups in total. The van der Waals surface area contributed by atoms with Crippen LogP contribution in [0, 0.1) is 5.92 Å². The molecule has 0 radical (unpaired) electrons. The molecule has 6 heteroatoms. The Balaban J connectivity index is 1.90. The third-order valence-electron chi connectivity index (χ3n) is 4.31. The van der Waals surface area contributed by atoms with E-state index < -0.39 is 12.1 Å². The molecule has 22 heavy (non-hydrogen) atoms. The van der Waals surface area contributed by atoms with E-state index in [0.717, 1.165) is 28.2 Å². The monoisotopic (exact) mass is 325 g/mol. The quantitative estimate of drug-likeness (QED) is 0.843. The number of nitrogens with two attached hydrogens (primary N) is 1. The van der Waals surface area contributed by atoms with Gasteiger partial charge in [0.05, 0.1) is 18.1 Å². The molecule has 3 rings (SSSR count). The second-order valence-electron chi connectivity index (χ2n) is 6.03. The fraction of sp³-hybridized carbons (Fsp3) is 0.625. The van der Waals surface area contributed by atoms with Gasteiger partial charge in [0.2, 0.25) is 0 Å². The number of halogens is 1. The van der Waals surface area contributed by atoms with Crippen molar-refractivity contribution in [2.45, 2.75) is 51.2 Å². The molecule has 0 spiro atoms. The van der Waals surface area contributed by atoms with E-state index in [-0.39, 0.29) is 30.8 Å². The molecule has 0 bridgehead atoms. The molecule has 1 heterocycles. The molecule has 0 saturated heterocycles. The first kappa shape index (κ1) is 15.6. The number of thiophene rings is 1. The molecule has 0 aromatic carbocycles. The number of Topliss-reactive ketones (excluding diaryl/α,β-unsaturated/α-hetero) is 1. The van der Waals surface area contributed by atoms with Crippen molar-refractivity contribution in [3.8, 4) is 0 Å². The van der Waals surface area contributed by atoms with E-state index in [0.29, 0.717) is 18.4 Å². The predicted octanol–water partition coefficient (Wildman–Crippen LogP) is 2.21. The number of ketones is 1. The second-order valence-corrected chi connectivity index (χ2v) is 7.22. The summed E-state index contributed by atoms with van der Waals surface area (Å²) in [6, 6.07) is 0.0393. The highest BCUT2D eigenvalue weighted by atomic mass is 32.1. The molecular weight excluding hydrogens is 305 g/mol. The molecule has 1 aromatic rings. The molecule has 0 amide bonds. The molecule has 4 nitrogen and oxygen atoms in total. The van der Waals surface area contributed by atoms with Crippen molar-refractivity contribution in [2.75, 3.05) is 6.61 Å². The summed E-state index contributed by atoms with van der Waals surface area (Å²) in [6.07, 6.45) is 1.82. The van der Waals surface area contributed by atoms with Crippen LogP contribution in [-0.4, -0.2) is 30.6 Å². The Morgan fingerprint density at radius 2 is 2.18 bits per heavy atom. The first-order chi connectivity index (χ1) is 10.5. The first-order valence-electron chi connectivity index (χ1n) is 7.74. The summed E-state index contributed by atoms with van der Waals surface area (Å²) >= 11 is 1.49. The van der Waals surface area contributed by atoms with Gasteiger partial charge in [0.15, 0.2) is 0 Å². The third-order valence-corrected chi connectivity index (χ3v) is 5.60. The van der Waals surface area contributed by atoms with Gasteiger partial charge in [-0.15, -0.1) is 11.3 Å². The zero-order chi connectivity index (χ0) is 15.9. The highest BCUT2D eigenvalue weighted by Gasteiger charge is 2.43. The zero-order valence-corrected chi connectivity index (χ0v) is 13.4. The molecule has 2 aliphatic carbocycles. The van der Waals surface area contributed by atoms with Gasteiger partial charge in [-0.25, -0.2) is 9.18 Å². The Morgan fingerprint density at radius 1 is 1.45 bits per heavy atom. The standard InChI is InChI=1S/C16H20FNO3S/c1-2-21-16(20)15-10-5-8(18)3-4-13(10)22-14(15)7-12(19)9-6-11(9)17/h8-9,11H,2-7,18H2,1H3/t8-,9-,11+/m0/s1. The van der Waals surface area contributed by atoms with Crippen molar-refractivity contribution < 1.29 is 18.7 Å². The van der Waals surface area contributed by atoms with Crippen molar-refractivity contribution in [2.24, 2.45) is 11.7 Å². The van der Waals surface area contributed by atoms with Crippen LogP contribution in [-0.2, 0) is 28.8 Å². The van der Waals surface area contributed by atoms with Gasteiger partial charge in [-0.1, -0.05) is 0 Å². The van der Waals surface area contributed by atoms with Crippen LogP contribution in [0.2, 0.25) is 0 Å². The first-order valence-corrected chi connectivity index (χ1v) is 8.55. The average Bonchev–Trinajstić information content (AvgIpc) is 3.09. The molecule has 1 saturated carbocycles. The summed E-state index contributed by atoms with van der Waals surface area (Å²) < 4.78 is 18.2. The van der Waals surface area contributed by atoms with Gasteiger partial charge < -0.3 is 10.5 Å². The smallest absolute Gasteiger partial charge is 0.339 e. The summed E-state index contributed by atoms with van der Waals surface area (Å²) in [6.45, 7) is 2.04. The Hall–Kier alpha value is -1.27. The Labute approximate surface area is 132 Å². The van der Waals surface area contributed by atoms with Crippen LogP contribution >= 0.6 is 11.3 Å². The second kappa shape index (κ2) is 6.08. The van der Waals surface area contributed by atoms with Crippen molar-refractivity contribution in [1.29, 1.82) is 0 Å². The number of ether oxygens (including phenoxy) is 1. The number of alkyl halides is 1. The molecule has 2 aliphatic rings. The van der Waals surface area contributed by atoms with Crippen molar-refractivity contribution in [3.63, 3.8) is 0 Å². The molecule has 1 fully saturated rings. The third kappa shape index (κ3) is 2.94. The van der Waals surface area contributed by atoms with Crippen molar-refractivity contribution in [3.05, 3.63) is 20.9 Å². The number of aryl methyl sites for hydroxylation is 1. The lowest BCUT2D eigenvalue weighted by molar-refractivity contribution is -0.119.